The zero-order valence-corrected chi connectivity index (χ0v) is 11.2. The summed E-state index contributed by atoms with van der Waals surface area (Å²) in [7, 11) is 0. The summed E-state index contributed by atoms with van der Waals surface area (Å²) in [6.45, 7) is 3.72. The third kappa shape index (κ3) is 2.58. The van der Waals surface area contributed by atoms with Gasteiger partial charge in [0.15, 0.2) is 5.82 Å². The first-order valence-corrected chi connectivity index (χ1v) is 5.12. The normalized spacial score (nSPS) is 18.1. The Morgan fingerprint density at radius 3 is 2.47 bits per heavy atom. The molecule has 0 N–H and O–H groups in total. The van der Waals surface area contributed by atoms with E-state index in [0.717, 1.165) is 6.07 Å². The van der Waals surface area contributed by atoms with Crippen LogP contribution in [-0.4, -0.2) is 11.4 Å². The van der Waals surface area contributed by atoms with Crippen molar-refractivity contribution in [1.29, 1.82) is 0 Å². The van der Waals surface area contributed by atoms with Crippen LogP contribution in [0.2, 0.25) is 0 Å². The maximum absolute atomic E-state index is 13.5. The molecule has 1 fully saturated rings. The van der Waals surface area contributed by atoms with Gasteiger partial charge in [0.1, 0.15) is 5.82 Å². The van der Waals surface area contributed by atoms with Crippen LogP contribution in [0, 0.1) is 17.7 Å². The molecule has 0 unspecified atom stereocenters. The minimum atomic E-state index is -0.816. The molecule has 1 heterocycles. The van der Waals surface area contributed by atoms with E-state index < -0.39 is 17.2 Å². The van der Waals surface area contributed by atoms with Crippen molar-refractivity contribution < 1.29 is 35.3 Å². The molecule has 1 radical (unpaired) electrons. The SMILES string of the molecule is CC1(C)CCC(=O)N1c1ccc(F)[c]c1F.[Ti]. The molecule has 1 aromatic carbocycles. The van der Waals surface area contributed by atoms with Gasteiger partial charge in [-0.2, -0.15) is 0 Å². The number of hydrogen-bond donors (Lipinski definition) is 0. The molecule has 89 valence electrons. The molecule has 0 aromatic heterocycles. The van der Waals surface area contributed by atoms with E-state index in [0.29, 0.717) is 12.8 Å². The largest absolute Gasteiger partial charge is 0.304 e. The van der Waals surface area contributed by atoms with E-state index in [9.17, 15) is 13.6 Å². The molecular formula is C12H12F2NOTi. The summed E-state index contributed by atoms with van der Waals surface area (Å²) in [5.74, 6) is -1.71. The van der Waals surface area contributed by atoms with Crippen LogP contribution in [0.25, 0.3) is 0 Å². The molecular weight excluding hydrogens is 260 g/mol. The molecule has 0 spiro atoms. The van der Waals surface area contributed by atoms with Gasteiger partial charge in [-0.1, -0.05) is 0 Å². The fourth-order valence-electron chi connectivity index (χ4n) is 2.04. The van der Waals surface area contributed by atoms with Gasteiger partial charge in [-0.25, -0.2) is 8.78 Å². The van der Waals surface area contributed by atoms with E-state index in [1.807, 2.05) is 19.9 Å². The monoisotopic (exact) mass is 272 g/mol. The average molecular weight is 272 g/mol. The number of halogens is 2. The summed E-state index contributed by atoms with van der Waals surface area (Å²) in [4.78, 5) is 13.1. The van der Waals surface area contributed by atoms with Gasteiger partial charge in [0, 0.05) is 33.7 Å². The minimum Gasteiger partial charge on any atom is -0.304 e. The predicted octanol–water partition coefficient (Wildman–Crippen LogP) is 2.67. The molecule has 0 aliphatic carbocycles. The molecule has 0 atom stereocenters. The van der Waals surface area contributed by atoms with Crippen LogP contribution < -0.4 is 4.90 Å². The van der Waals surface area contributed by atoms with Crippen molar-refractivity contribution in [2.75, 3.05) is 4.90 Å². The summed E-state index contributed by atoms with van der Waals surface area (Å²) in [5, 5.41) is 0. The van der Waals surface area contributed by atoms with Crippen LogP contribution in [0.4, 0.5) is 14.5 Å². The van der Waals surface area contributed by atoms with Gasteiger partial charge in [0.05, 0.1) is 11.8 Å². The van der Waals surface area contributed by atoms with Crippen LogP contribution in [0.1, 0.15) is 26.7 Å². The molecule has 1 saturated heterocycles. The molecule has 5 heteroatoms. The van der Waals surface area contributed by atoms with E-state index in [-0.39, 0.29) is 33.3 Å². The first kappa shape index (κ1) is 14.3. The Balaban J connectivity index is 0.00000144. The molecule has 1 aliphatic heterocycles. The van der Waals surface area contributed by atoms with Crippen molar-refractivity contribution in [3.05, 3.63) is 29.8 Å². The van der Waals surface area contributed by atoms with Gasteiger partial charge < -0.3 is 4.90 Å². The van der Waals surface area contributed by atoms with Gasteiger partial charge in [-0.15, -0.1) is 0 Å². The van der Waals surface area contributed by atoms with E-state index in [4.69, 9.17) is 0 Å². The van der Waals surface area contributed by atoms with Gasteiger partial charge in [0.25, 0.3) is 0 Å². The first-order chi connectivity index (χ1) is 7.42. The van der Waals surface area contributed by atoms with Gasteiger partial charge in [-0.05, 0) is 32.4 Å². The Bertz CT molecular complexity index is 448. The van der Waals surface area contributed by atoms with E-state index in [1.165, 1.54) is 11.0 Å². The molecule has 2 rings (SSSR count). The second-order valence-electron chi connectivity index (χ2n) is 4.55. The molecule has 0 bridgehead atoms. The number of hydrogen-bond acceptors (Lipinski definition) is 1. The molecule has 1 aliphatic rings. The average Bonchev–Trinajstić information content (AvgIpc) is 2.43. The van der Waals surface area contributed by atoms with Gasteiger partial charge >= 0.3 is 0 Å². The number of rotatable bonds is 1. The van der Waals surface area contributed by atoms with Crippen LogP contribution in [-0.2, 0) is 26.5 Å². The Morgan fingerprint density at radius 1 is 1.35 bits per heavy atom. The summed E-state index contributed by atoms with van der Waals surface area (Å²) in [5.41, 5.74) is -0.322. The van der Waals surface area contributed by atoms with E-state index in [2.05, 4.69) is 0 Å². The summed E-state index contributed by atoms with van der Waals surface area (Å²) >= 11 is 0. The fourth-order valence-corrected chi connectivity index (χ4v) is 2.04. The molecule has 2 nitrogen and oxygen atoms in total. The molecule has 1 amide bonds. The van der Waals surface area contributed by atoms with Gasteiger partial charge in [-0.3, -0.25) is 4.79 Å². The van der Waals surface area contributed by atoms with Crippen molar-refractivity contribution in [2.45, 2.75) is 32.2 Å². The Hall–Kier alpha value is -0.736. The number of carbonyl (C=O) groups is 1. The number of amides is 1. The van der Waals surface area contributed by atoms with E-state index >= 15 is 0 Å². The zero-order valence-electron chi connectivity index (χ0n) is 9.68. The standard InChI is InChI=1S/C12H12F2NO.Ti/c1-12(2)6-5-11(16)15(12)10-4-3-8(13)7-9(10)14;/h3-4H,5-6H2,1-2H3;. The number of benzene rings is 1. The molecule has 1 aromatic rings. The predicted molar refractivity (Wildman–Crippen MR) is 56.0 cm³/mol. The first-order valence-electron chi connectivity index (χ1n) is 5.12. The fraction of sp³-hybridized carbons (Fsp3) is 0.417. The summed E-state index contributed by atoms with van der Waals surface area (Å²) < 4.78 is 26.3. The number of anilines is 1. The second-order valence-corrected chi connectivity index (χ2v) is 4.55. The molecule has 0 saturated carbocycles. The van der Waals surface area contributed by atoms with Crippen LogP contribution in [0.3, 0.4) is 0 Å². The third-order valence-corrected chi connectivity index (χ3v) is 2.89. The zero-order chi connectivity index (χ0) is 11.9. The van der Waals surface area contributed by atoms with Crippen LogP contribution >= 0.6 is 0 Å². The van der Waals surface area contributed by atoms with E-state index in [1.54, 1.807) is 0 Å². The van der Waals surface area contributed by atoms with Crippen molar-refractivity contribution in [1.82, 2.24) is 0 Å². The maximum atomic E-state index is 13.5. The second kappa shape index (κ2) is 4.87. The number of nitrogens with zero attached hydrogens (tertiary/aromatic N) is 1. The quantitative estimate of drug-likeness (QED) is 0.720. The van der Waals surface area contributed by atoms with Crippen molar-refractivity contribution in [3.63, 3.8) is 0 Å². The maximum Gasteiger partial charge on any atom is 0.227 e. The summed E-state index contributed by atoms with van der Waals surface area (Å²) in [6.07, 6.45) is 1.06. The van der Waals surface area contributed by atoms with Gasteiger partial charge in [0.2, 0.25) is 5.91 Å². The third-order valence-electron chi connectivity index (χ3n) is 2.89. The van der Waals surface area contributed by atoms with Crippen LogP contribution in [0.15, 0.2) is 12.1 Å². The smallest absolute Gasteiger partial charge is 0.227 e. The van der Waals surface area contributed by atoms with Crippen molar-refractivity contribution in [2.24, 2.45) is 0 Å². The van der Waals surface area contributed by atoms with Crippen molar-refractivity contribution >= 4 is 11.6 Å². The molecule has 17 heavy (non-hydrogen) atoms. The van der Waals surface area contributed by atoms with Crippen LogP contribution in [0.5, 0.6) is 0 Å². The summed E-state index contributed by atoms with van der Waals surface area (Å²) in [6, 6.07) is 4.34. The van der Waals surface area contributed by atoms with Crippen molar-refractivity contribution in [3.8, 4) is 0 Å². The Labute approximate surface area is 114 Å². The minimum absolute atomic E-state index is 0. The number of carbonyl (C=O) groups excluding carboxylic acids is 1. The Kier molecular flexibility index (Phi) is 4.10. The Morgan fingerprint density at radius 2 is 2.00 bits per heavy atom. The topological polar surface area (TPSA) is 20.3 Å².